The molecule has 0 bridgehead atoms. The fourth-order valence-electron chi connectivity index (χ4n) is 4.30. The van der Waals surface area contributed by atoms with Crippen molar-refractivity contribution in [1.29, 1.82) is 0 Å². The Morgan fingerprint density at radius 2 is 1.70 bits per heavy atom. The van der Waals surface area contributed by atoms with Gasteiger partial charge in [0.25, 0.3) is 0 Å². The van der Waals surface area contributed by atoms with Crippen molar-refractivity contribution in [1.82, 2.24) is 0 Å². The van der Waals surface area contributed by atoms with E-state index in [1.807, 2.05) is 0 Å². The van der Waals surface area contributed by atoms with E-state index in [9.17, 15) is 19.8 Å². The molecule has 1 atom stereocenters. The highest BCUT2D eigenvalue weighted by Crippen LogP contribution is 2.59. The highest BCUT2D eigenvalue weighted by Gasteiger charge is 2.55. The van der Waals surface area contributed by atoms with E-state index in [1.165, 1.54) is 24.3 Å². The Labute approximate surface area is 189 Å². The lowest BCUT2D eigenvalue weighted by Crippen LogP contribution is -2.35. The molecule has 8 heteroatoms. The summed E-state index contributed by atoms with van der Waals surface area (Å²) in [4.78, 5) is 25.6. The number of ether oxygens (including phenoxy) is 3. The Kier molecular flexibility index (Phi) is 4.32. The second-order valence-electron chi connectivity index (χ2n) is 8.89. The van der Waals surface area contributed by atoms with Crippen LogP contribution in [0.2, 0.25) is 0 Å². The van der Waals surface area contributed by atoms with Crippen molar-refractivity contribution < 1.29 is 34.0 Å². The Bertz CT molecular complexity index is 1320. The molecule has 3 aromatic rings. The average molecular weight is 447 g/mol. The summed E-state index contributed by atoms with van der Waals surface area (Å²) in [6, 6.07) is 14.1. The van der Waals surface area contributed by atoms with E-state index in [-0.39, 0.29) is 28.7 Å². The molecule has 1 amide bonds. The molecule has 0 saturated carbocycles. The highest BCUT2D eigenvalue weighted by atomic mass is 16.6. The summed E-state index contributed by atoms with van der Waals surface area (Å²) >= 11 is 0. The Morgan fingerprint density at radius 1 is 0.970 bits per heavy atom. The summed E-state index contributed by atoms with van der Waals surface area (Å²) in [5.74, 6) is -0.369. The Balaban J connectivity index is 1.79. The third-order valence-corrected chi connectivity index (χ3v) is 5.41. The zero-order valence-corrected chi connectivity index (χ0v) is 18.1. The van der Waals surface area contributed by atoms with Crippen molar-refractivity contribution in [3.63, 3.8) is 0 Å². The number of carbonyl (C=O) groups excluding carboxylic acids is 2. The molecule has 168 valence electrons. The van der Waals surface area contributed by atoms with Gasteiger partial charge in [-0.3, -0.25) is 5.32 Å². The van der Waals surface area contributed by atoms with Gasteiger partial charge in [0.1, 0.15) is 28.6 Å². The van der Waals surface area contributed by atoms with Crippen molar-refractivity contribution in [3.05, 3.63) is 76.9 Å². The standard InChI is InChI=1S/C25H21NO7/c1-24(2,3)33-23(30)26-18-10-14(28)12-20-21(18)25(17-9-8-13(27)11-19(17)31-20)16-7-5-4-6-15(16)22(29)32-25/h4-12,27-28H,1-3H3,(H,26,30). The predicted molar refractivity (Wildman–Crippen MR) is 118 cm³/mol. The van der Waals surface area contributed by atoms with Crippen LogP contribution in [0.4, 0.5) is 10.5 Å². The van der Waals surface area contributed by atoms with Crippen LogP contribution < -0.4 is 10.1 Å². The number of hydrogen-bond donors (Lipinski definition) is 3. The van der Waals surface area contributed by atoms with Gasteiger partial charge in [-0.15, -0.1) is 0 Å². The molecule has 1 spiro atoms. The van der Waals surface area contributed by atoms with E-state index in [2.05, 4.69) is 5.32 Å². The lowest BCUT2D eigenvalue weighted by molar-refractivity contribution is 0.0226. The number of nitrogens with one attached hydrogen (secondary N) is 1. The number of phenolic OH excluding ortho intramolecular Hbond substituents is 2. The number of phenols is 2. The van der Waals surface area contributed by atoms with E-state index in [4.69, 9.17) is 14.2 Å². The maximum Gasteiger partial charge on any atom is 0.412 e. The van der Waals surface area contributed by atoms with Crippen LogP contribution in [0.1, 0.15) is 47.8 Å². The zero-order valence-electron chi connectivity index (χ0n) is 18.1. The molecule has 0 aliphatic carbocycles. The van der Waals surface area contributed by atoms with Crippen LogP contribution in [-0.2, 0) is 15.1 Å². The molecule has 3 N–H and O–H groups in total. The van der Waals surface area contributed by atoms with Gasteiger partial charge in [0.05, 0.1) is 16.8 Å². The van der Waals surface area contributed by atoms with Crippen molar-refractivity contribution in [2.24, 2.45) is 0 Å². The maximum absolute atomic E-state index is 12.9. The molecular weight excluding hydrogens is 426 g/mol. The number of fused-ring (bicyclic) bond motifs is 6. The molecule has 2 heterocycles. The highest BCUT2D eigenvalue weighted by molar-refractivity contribution is 5.98. The molecule has 5 rings (SSSR count). The first-order valence-corrected chi connectivity index (χ1v) is 10.3. The molecule has 2 aliphatic rings. The lowest BCUT2D eigenvalue weighted by Gasteiger charge is -2.37. The molecule has 0 radical (unpaired) electrons. The number of esters is 1. The summed E-state index contributed by atoms with van der Waals surface area (Å²) in [6.45, 7) is 5.19. The van der Waals surface area contributed by atoms with E-state index in [1.54, 1.807) is 51.1 Å². The minimum atomic E-state index is -1.48. The molecular formula is C25H21NO7. The third kappa shape index (κ3) is 3.22. The fourth-order valence-corrected chi connectivity index (χ4v) is 4.30. The van der Waals surface area contributed by atoms with Crippen molar-refractivity contribution in [2.75, 3.05) is 5.32 Å². The largest absolute Gasteiger partial charge is 0.508 e. The number of benzene rings is 3. The smallest absolute Gasteiger partial charge is 0.412 e. The minimum absolute atomic E-state index is 0.0442. The van der Waals surface area contributed by atoms with Crippen molar-refractivity contribution in [2.45, 2.75) is 32.0 Å². The van der Waals surface area contributed by atoms with E-state index in [0.29, 0.717) is 22.3 Å². The average Bonchev–Trinajstić information content (AvgIpc) is 2.99. The second kappa shape index (κ2) is 6.90. The van der Waals surface area contributed by atoms with Crippen LogP contribution in [0.5, 0.6) is 23.0 Å². The number of aromatic hydroxyl groups is 2. The first kappa shape index (κ1) is 20.7. The number of anilines is 1. The zero-order chi connectivity index (χ0) is 23.5. The van der Waals surface area contributed by atoms with E-state index >= 15 is 0 Å². The van der Waals surface area contributed by atoms with E-state index < -0.39 is 23.3 Å². The van der Waals surface area contributed by atoms with Gasteiger partial charge in [-0.05, 0) is 39.0 Å². The molecule has 33 heavy (non-hydrogen) atoms. The number of amides is 1. The first-order valence-electron chi connectivity index (χ1n) is 10.3. The molecule has 1 unspecified atom stereocenters. The normalized spacial score (nSPS) is 18.0. The predicted octanol–water partition coefficient (Wildman–Crippen LogP) is 5.01. The van der Waals surface area contributed by atoms with Gasteiger partial charge in [-0.2, -0.15) is 0 Å². The Hall–Kier alpha value is -4.20. The second-order valence-corrected chi connectivity index (χ2v) is 8.89. The molecule has 0 fully saturated rings. The molecule has 0 saturated heterocycles. The Morgan fingerprint density at radius 3 is 2.45 bits per heavy atom. The number of carbonyl (C=O) groups is 2. The van der Waals surface area contributed by atoms with Gasteiger partial charge in [0.15, 0.2) is 5.60 Å². The van der Waals surface area contributed by atoms with Gasteiger partial charge in [0.2, 0.25) is 0 Å². The van der Waals surface area contributed by atoms with E-state index in [0.717, 1.165) is 0 Å². The minimum Gasteiger partial charge on any atom is -0.508 e. The van der Waals surface area contributed by atoms with Crippen LogP contribution in [0.25, 0.3) is 0 Å². The summed E-state index contributed by atoms with van der Waals surface area (Å²) in [7, 11) is 0. The quantitative estimate of drug-likeness (QED) is 0.449. The molecule has 2 aliphatic heterocycles. The summed E-state index contributed by atoms with van der Waals surface area (Å²) in [5.41, 5.74) is -0.395. The van der Waals surface area contributed by atoms with Crippen LogP contribution in [0, 0.1) is 0 Å². The SMILES string of the molecule is CC(C)(C)OC(=O)Nc1cc(O)cc2c1C1(OC(=O)c3ccccc31)c1ccc(O)cc1O2. The molecule has 8 nitrogen and oxygen atoms in total. The summed E-state index contributed by atoms with van der Waals surface area (Å²) in [5, 5.41) is 23.1. The van der Waals surface area contributed by atoms with Crippen molar-refractivity contribution >= 4 is 17.7 Å². The lowest BCUT2D eigenvalue weighted by atomic mass is 9.77. The van der Waals surface area contributed by atoms with Gasteiger partial charge in [0, 0.05) is 29.3 Å². The van der Waals surface area contributed by atoms with Crippen LogP contribution >= 0.6 is 0 Å². The fraction of sp³-hybridized carbons (Fsp3) is 0.200. The van der Waals surface area contributed by atoms with Gasteiger partial charge >= 0.3 is 12.1 Å². The number of rotatable bonds is 1. The van der Waals surface area contributed by atoms with Crippen LogP contribution in [0.3, 0.4) is 0 Å². The van der Waals surface area contributed by atoms with Crippen LogP contribution in [-0.4, -0.2) is 27.9 Å². The van der Waals surface area contributed by atoms with Gasteiger partial charge in [-0.1, -0.05) is 18.2 Å². The molecule has 0 aromatic heterocycles. The number of hydrogen-bond acceptors (Lipinski definition) is 7. The maximum atomic E-state index is 12.9. The topological polar surface area (TPSA) is 114 Å². The third-order valence-electron chi connectivity index (χ3n) is 5.41. The van der Waals surface area contributed by atoms with Gasteiger partial charge in [-0.25, -0.2) is 9.59 Å². The van der Waals surface area contributed by atoms with Crippen LogP contribution in [0.15, 0.2) is 54.6 Å². The monoisotopic (exact) mass is 447 g/mol. The summed E-state index contributed by atoms with van der Waals surface area (Å²) < 4.78 is 17.4. The first-order chi connectivity index (χ1) is 15.6. The van der Waals surface area contributed by atoms with Gasteiger partial charge < -0.3 is 24.4 Å². The molecule has 3 aromatic carbocycles. The van der Waals surface area contributed by atoms with Crippen molar-refractivity contribution in [3.8, 4) is 23.0 Å². The summed E-state index contributed by atoms with van der Waals surface area (Å²) in [6.07, 6.45) is -0.750.